The molecule has 8 heteroatoms. The van der Waals surface area contributed by atoms with Gasteiger partial charge in [-0.05, 0) is 65.8 Å². The van der Waals surface area contributed by atoms with Crippen LogP contribution in [0.3, 0.4) is 0 Å². The topological polar surface area (TPSA) is 108 Å². The smallest absolute Gasteiger partial charge is 0.415 e. The van der Waals surface area contributed by atoms with Crippen molar-refractivity contribution in [3.05, 3.63) is 24.3 Å². The van der Waals surface area contributed by atoms with Crippen LogP contribution >= 0.6 is 0 Å². The number of ether oxygens (including phenoxy) is 3. The molecule has 0 bridgehead atoms. The quantitative estimate of drug-likeness (QED) is 0.618. The van der Waals surface area contributed by atoms with Crippen LogP contribution in [0.15, 0.2) is 24.3 Å². The summed E-state index contributed by atoms with van der Waals surface area (Å²) in [6.45, 7) is 9.83. The van der Waals surface area contributed by atoms with Crippen LogP contribution in [-0.2, 0) is 19.1 Å². The van der Waals surface area contributed by atoms with Crippen LogP contribution in [0.4, 0.5) is 10.5 Å². The highest BCUT2D eigenvalue weighted by Crippen LogP contribution is 2.22. The van der Waals surface area contributed by atoms with Gasteiger partial charge in [0.05, 0.1) is 6.54 Å². The summed E-state index contributed by atoms with van der Waals surface area (Å²) in [7, 11) is 0. The first-order valence-electron chi connectivity index (χ1n) is 8.54. The molecule has 8 nitrogen and oxygen atoms in total. The first kappa shape index (κ1) is 22.4. The molecule has 0 aliphatic heterocycles. The molecule has 150 valence electrons. The average Bonchev–Trinajstić information content (AvgIpc) is 2.50. The van der Waals surface area contributed by atoms with Crippen LogP contribution in [-0.4, -0.2) is 42.3 Å². The third kappa shape index (κ3) is 8.54. The monoisotopic (exact) mass is 380 g/mol. The zero-order chi connectivity index (χ0) is 20.8. The Balaban J connectivity index is 3.04. The maximum atomic E-state index is 12.6. The predicted molar refractivity (Wildman–Crippen MR) is 101 cm³/mol. The molecule has 1 rings (SSSR count). The van der Waals surface area contributed by atoms with Gasteiger partial charge >= 0.3 is 18.0 Å². The normalized spacial score (nSPS) is 11.5. The SMILES string of the molecule is CC(C)(C)OC(=O)CN(C(=O)OC(C)(C)C)c1ccc(OC(=O)CN)cc1. The molecule has 1 aromatic rings. The number of benzene rings is 1. The Bertz CT molecular complexity index is 671. The van der Waals surface area contributed by atoms with Crippen molar-refractivity contribution in [2.45, 2.75) is 52.7 Å². The zero-order valence-electron chi connectivity index (χ0n) is 16.7. The van der Waals surface area contributed by atoms with E-state index in [-0.39, 0.29) is 18.8 Å². The van der Waals surface area contributed by atoms with Crippen molar-refractivity contribution in [2.75, 3.05) is 18.0 Å². The van der Waals surface area contributed by atoms with Crippen LogP contribution in [0.25, 0.3) is 0 Å². The molecule has 1 aromatic carbocycles. The van der Waals surface area contributed by atoms with Crippen LogP contribution in [0.5, 0.6) is 5.75 Å². The maximum absolute atomic E-state index is 12.6. The fourth-order valence-electron chi connectivity index (χ4n) is 1.95. The van der Waals surface area contributed by atoms with Crippen molar-refractivity contribution >= 4 is 23.7 Å². The van der Waals surface area contributed by atoms with Crippen molar-refractivity contribution in [3.8, 4) is 5.75 Å². The summed E-state index contributed by atoms with van der Waals surface area (Å²) in [4.78, 5) is 37.2. The Labute approximate surface area is 159 Å². The lowest BCUT2D eigenvalue weighted by molar-refractivity contribution is -0.153. The summed E-state index contributed by atoms with van der Waals surface area (Å²) >= 11 is 0. The standard InChI is InChI=1S/C19H28N2O6/c1-18(2,3)26-16(23)12-21(17(24)27-19(4,5)6)13-7-9-14(10-8-13)25-15(22)11-20/h7-10H,11-12,20H2,1-6H3. The maximum Gasteiger partial charge on any atom is 0.415 e. The van der Waals surface area contributed by atoms with Gasteiger partial charge in [0.15, 0.2) is 0 Å². The first-order valence-corrected chi connectivity index (χ1v) is 8.54. The minimum Gasteiger partial charge on any atom is -0.459 e. The molecule has 2 N–H and O–H groups in total. The minimum atomic E-state index is -0.736. The number of nitrogens with two attached hydrogens (primary N) is 1. The molecule has 0 spiro atoms. The van der Waals surface area contributed by atoms with Crippen LogP contribution in [0.2, 0.25) is 0 Å². The van der Waals surface area contributed by atoms with Gasteiger partial charge in [0.1, 0.15) is 23.5 Å². The van der Waals surface area contributed by atoms with E-state index in [1.165, 1.54) is 24.3 Å². The van der Waals surface area contributed by atoms with Crippen LogP contribution in [0, 0.1) is 0 Å². The number of nitrogens with zero attached hydrogens (tertiary/aromatic N) is 1. The van der Waals surface area contributed by atoms with Gasteiger partial charge in [0.25, 0.3) is 0 Å². The lowest BCUT2D eigenvalue weighted by Gasteiger charge is -2.28. The Kier molecular flexibility index (Phi) is 7.36. The molecule has 0 heterocycles. The molecule has 0 aromatic heterocycles. The Morgan fingerprint density at radius 3 is 1.85 bits per heavy atom. The number of hydrogen-bond acceptors (Lipinski definition) is 7. The van der Waals surface area contributed by atoms with E-state index in [1.807, 2.05) is 0 Å². The summed E-state index contributed by atoms with van der Waals surface area (Å²) in [6.07, 6.45) is -0.694. The Morgan fingerprint density at radius 2 is 1.41 bits per heavy atom. The fourth-order valence-corrected chi connectivity index (χ4v) is 1.95. The van der Waals surface area contributed by atoms with Gasteiger partial charge in [0, 0.05) is 5.69 Å². The first-order chi connectivity index (χ1) is 12.3. The van der Waals surface area contributed by atoms with Gasteiger partial charge in [-0.1, -0.05) is 0 Å². The van der Waals surface area contributed by atoms with Gasteiger partial charge in [0.2, 0.25) is 0 Å². The summed E-state index contributed by atoms with van der Waals surface area (Å²) < 4.78 is 15.7. The van der Waals surface area contributed by atoms with Crippen molar-refractivity contribution in [1.29, 1.82) is 0 Å². The third-order valence-electron chi connectivity index (χ3n) is 2.87. The van der Waals surface area contributed by atoms with E-state index >= 15 is 0 Å². The molecule has 0 fully saturated rings. The molecule has 0 saturated heterocycles. The van der Waals surface area contributed by atoms with E-state index in [0.29, 0.717) is 5.69 Å². The van der Waals surface area contributed by atoms with Crippen molar-refractivity contribution in [2.24, 2.45) is 5.73 Å². The highest BCUT2D eigenvalue weighted by molar-refractivity contribution is 5.93. The van der Waals surface area contributed by atoms with Crippen molar-refractivity contribution in [3.63, 3.8) is 0 Å². The number of rotatable bonds is 5. The van der Waals surface area contributed by atoms with Gasteiger partial charge in [-0.2, -0.15) is 0 Å². The molecule has 0 aliphatic rings. The molecule has 0 atom stereocenters. The Hall–Kier alpha value is -2.61. The zero-order valence-corrected chi connectivity index (χ0v) is 16.7. The molecule has 1 amide bonds. The lowest BCUT2D eigenvalue weighted by Crippen LogP contribution is -2.41. The number of carbonyl (C=O) groups excluding carboxylic acids is 3. The number of esters is 2. The molecular formula is C19H28N2O6. The highest BCUT2D eigenvalue weighted by atomic mass is 16.6. The van der Waals surface area contributed by atoms with Gasteiger partial charge in [-0.25, -0.2) is 4.79 Å². The Morgan fingerprint density at radius 1 is 0.889 bits per heavy atom. The second kappa shape index (κ2) is 8.85. The molecule has 0 saturated carbocycles. The van der Waals surface area contributed by atoms with E-state index in [2.05, 4.69) is 0 Å². The second-order valence-electron chi connectivity index (χ2n) is 7.83. The lowest BCUT2D eigenvalue weighted by atomic mass is 10.2. The van der Waals surface area contributed by atoms with E-state index in [0.717, 1.165) is 4.90 Å². The van der Waals surface area contributed by atoms with Gasteiger partial charge < -0.3 is 19.9 Å². The molecule has 0 unspecified atom stereocenters. The van der Waals surface area contributed by atoms with E-state index in [1.54, 1.807) is 41.5 Å². The van der Waals surface area contributed by atoms with Crippen LogP contribution < -0.4 is 15.4 Å². The molecule has 27 heavy (non-hydrogen) atoms. The summed E-state index contributed by atoms with van der Waals surface area (Å²) in [6, 6.07) is 6.06. The third-order valence-corrected chi connectivity index (χ3v) is 2.87. The summed E-state index contributed by atoms with van der Waals surface area (Å²) in [5.74, 6) is -0.886. The minimum absolute atomic E-state index is 0.246. The van der Waals surface area contributed by atoms with E-state index in [9.17, 15) is 14.4 Å². The number of carbonyl (C=O) groups is 3. The molecular weight excluding hydrogens is 352 g/mol. The van der Waals surface area contributed by atoms with Gasteiger partial charge in [-0.15, -0.1) is 0 Å². The van der Waals surface area contributed by atoms with E-state index in [4.69, 9.17) is 19.9 Å². The van der Waals surface area contributed by atoms with Crippen LogP contribution in [0.1, 0.15) is 41.5 Å². The second-order valence-corrected chi connectivity index (χ2v) is 7.83. The summed E-state index contributed by atoms with van der Waals surface area (Å²) in [5.41, 5.74) is 4.18. The van der Waals surface area contributed by atoms with Crippen molar-refractivity contribution in [1.82, 2.24) is 0 Å². The van der Waals surface area contributed by atoms with E-state index < -0.39 is 29.2 Å². The van der Waals surface area contributed by atoms with Gasteiger partial charge in [-0.3, -0.25) is 14.5 Å². The fraction of sp³-hybridized carbons (Fsp3) is 0.526. The highest BCUT2D eigenvalue weighted by Gasteiger charge is 2.27. The number of hydrogen-bond donors (Lipinski definition) is 1. The number of anilines is 1. The average molecular weight is 380 g/mol. The number of amides is 1. The van der Waals surface area contributed by atoms with Crippen molar-refractivity contribution < 1.29 is 28.6 Å². The largest absolute Gasteiger partial charge is 0.459 e. The molecule has 0 radical (unpaired) electrons. The predicted octanol–water partition coefficient (Wildman–Crippen LogP) is 2.63. The summed E-state index contributed by atoms with van der Waals surface area (Å²) in [5, 5.41) is 0. The molecule has 0 aliphatic carbocycles.